The average Bonchev–Trinajstić information content (AvgIpc) is 2.31. The highest BCUT2D eigenvalue weighted by atomic mass is 127. The minimum Gasteiger partial charge on any atom is -0.378 e. The van der Waals surface area contributed by atoms with E-state index in [0.717, 1.165) is 3.57 Å². The minimum absolute atomic E-state index is 0.182. The molecule has 0 saturated carbocycles. The Morgan fingerprint density at radius 3 is 2.47 bits per heavy atom. The normalized spacial score (nSPS) is 11.7. The summed E-state index contributed by atoms with van der Waals surface area (Å²) in [6.07, 6.45) is -4.36. The summed E-state index contributed by atoms with van der Waals surface area (Å²) < 4.78 is 46.2. The molecule has 0 aliphatic rings. The van der Waals surface area contributed by atoms with Gasteiger partial charge in [-0.2, -0.15) is 13.2 Å². The van der Waals surface area contributed by atoms with Gasteiger partial charge in [-0.3, -0.25) is 0 Å². The van der Waals surface area contributed by atoms with Crippen molar-refractivity contribution in [3.8, 4) is 0 Å². The van der Waals surface area contributed by atoms with Crippen LogP contribution in [0.5, 0.6) is 0 Å². The third-order valence-electron chi connectivity index (χ3n) is 1.98. The second kappa shape index (κ2) is 7.20. The fourth-order valence-corrected chi connectivity index (χ4v) is 1.93. The van der Waals surface area contributed by atoms with E-state index in [4.69, 9.17) is 4.74 Å². The number of alkyl halides is 3. The van der Waals surface area contributed by atoms with Crippen LogP contribution < -0.4 is 5.32 Å². The first-order chi connectivity index (χ1) is 8.87. The first-order valence-electron chi connectivity index (χ1n) is 5.24. The fraction of sp³-hybridized carbons (Fsp3) is 0.600. The molecular weight excluding hydrogens is 378 g/mol. The average molecular weight is 391 g/mol. The summed E-state index contributed by atoms with van der Waals surface area (Å²) in [4.78, 5) is 8.19. The zero-order valence-corrected chi connectivity index (χ0v) is 12.5. The molecule has 5 nitrogen and oxygen atoms in total. The summed E-state index contributed by atoms with van der Waals surface area (Å²) in [5, 5.41) is 2.85. The Morgan fingerprint density at radius 2 is 1.95 bits per heavy atom. The molecule has 1 rings (SSSR count). The number of hydrogen-bond acceptors (Lipinski definition) is 5. The predicted octanol–water partition coefficient (Wildman–Crippen LogP) is 2.35. The SMILES string of the molecule is CNc1nc(COCC(F)(F)F)nc(COC)c1I. The topological polar surface area (TPSA) is 56.3 Å². The van der Waals surface area contributed by atoms with Gasteiger partial charge in [0.25, 0.3) is 0 Å². The van der Waals surface area contributed by atoms with Crippen molar-refractivity contribution in [3.05, 3.63) is 15.1 Å². The van der Waals surface area contributed by atoms with Crippen molar-refractivity contribution in [2.75, 3.05) is 26.1 Å². The molecule has 0 aliphatic heterocycles. The van der Waals surface area contributed by atoms with Gasteiger partial charge in [-0.15, -0.1) is 0 Å². The molecule has 0 bridgehead atoms. The number of methoxy groups -OCH3 is 1. The van der Waals surface area contributed by atoms with Crippen LogP contribution in [0.4, 0.5) is 19.0 Å². The lowest BCUT2D eigenvalue weighted by Crippen LogP contribution is -2.18. The molecule has 0 radical (unpaired) electrons. The van der Waals surface area contributed by atoms with Crippen molar-refractivity contribution in [2.45, 2.75) is 19.4 Å². The molecule has 0 amide bonds. The maximum atomic E-state index is 12.0. The molecule has 108 valence electrons. The van der Waals surface area contributed by atoms with Gasteiger partial charge >= 0.3 is 6.18 Å². The van der Waals surface area contributed by atoms with Gasteiger partial charge in [0.05, 0.1) is 15.9 Å². The van der Waals surface area contributed by atoms with E-state index in [1.54, 1.807) is 7.05 Å². The van der Waals surface area contributed by atoms with Crippen LogP contribution in [0, 0.1) is 3.57 Å². The highest BCUT2D eigenvalue weighted by Crippen LogP contribution is 2.20. The number of rotatable bonds is 6. The molecule has 0 unspecified atom stereocenters. The van der Waals surface area contributed by atoms with Crippen LogP contribution >= 0.6 is 22.6 Å². The number of halogens is 4. The monoisotopic (exact) mass is 391 g/mol. The Bertz CT molecular complexity index is 429. The summed E-state index contributed by atoms with van der Waals surface area (Å²) in [6.45, 7) is -1.37. The molecule has 1 heterocycles. The quantitative estimate of drug-likeness (QED) is 0.755. The van der Waals surface area contributed by atoms with E-state index in [0.29, 0.717) is 11.5 Å². The molecule has 1 aromatic rings. The summed E-state index contributed by atoms with van der Waals surface area (Å²) >= 11 is 2.04. The Labute approximate surface area is 122 Å². The van der Waals surface area contributed by atoms with Gasteiger partial charge < -0.3 is 14.8 Å². The molecular formula is C10H13F3IN3O2. The van der Waals surface area contributed by atoms with Crippen molar-refractivity contribution in [3.63, 3.8) is 0 Å². The molecule has 0 spiro atoms. The zero-order chi connectivity index (χ0) is 14.5. The van der Waals surface area contributed by atoms with E-state index >= 15 is 0 Å². The molecule has 1 aromatic heterocycles. The van der Waals surface area contributed by atoms with Crippen molar-refractivity contribution < 1.29 is 22.6 Å². The summed E-state index contributed by atoms with van der Waals surface area (Å²) in [5.41, 5.74) is 0.605. The van der Waals surface area contributed by atoms with Crippen LogP contribution in [0.1, 0.15) is 11.5 Å². The van der Waals surface area contributed by atoms with Crippen LogP contribution in [-0.2, 0) is 22.7 Å². The Morgan fingerprint density at radius 1 is 1.26 bits per heavy atom. The Kier molecular flexibility index (Phi) is 6.20. The number of aromatic nitrogens is 2. The van der Waals surface area contributed by atoms with E-state index in [-0.39, 0.29) is 19.0 Å². The maximum Gasteiger partial charge on any atom is 0.411 e. The van der Waals surface area contributed by atoms with E-state index in [1.165, 1.54) is 7.11 Å². The predicted molar refractivity (Wildman–Crippen MR) is 70.7 cm³/mol. The Balaban J connectivity index is 2.80. The molecule has 0 fully saturated rings. The number of anilines is 1. The highest BCUT2D eigenvalue weighted by molar-refractivity contribution is 14.1. The van der Waals surface area contributed by atoms with Crippen molar-refractivity contribution in [2.24, 2.45) is 0 Å². The number of nitrogens with one attached hydrogen (secondary N) is 1. The largest absolute Gasteiger partial charge is 0.411 e. The molecule has 0 aromatic carbocycles. The van der Waals surface area contributed by atoms with Crippen molar-refractivity contribution >= 4 is 28.4 Å². The first kappa shape index (κ1) is 16.4. The van der Waals surface area contributed by atoms with Gasteiger partial charge in [0.2, 0.25) is 0 Å². The van der Waals surface area contributed by atoms with Gasteiger partial charge in [-0.25, -0.2) is 9.97 Å². The van der Waals surface area contributed by atoms with Crippen LogP contribution in [0.25, 0.3) is 0 Å². The Hall–Kier alpha value is -0.680. The van der Waals surface area contributed by atoms with Crippen LogP contribution in [0.15, 0.2) is 0 Å². The van der Waals surface area contributed by atoms with E-state index < -0.39 is 12.8 Å². The third kappa shape index (κ3) is 5.45. The fourth-order valence-electron chi connectivity index (χ4n) is 1.27. The molecule has 19 heavy (non-hydrogen) atoms. The second-order valence-electron chi connectivity index (χ2n) is 3.54. The third-order valence-corrected chi connectivity index (χ3v) is 3.11. The summed E-state index contributed by atoms with van der Waals surface area (Å²) in [5.74, 6) is 0.717. The second-order valence-corrected chi connectivity index (χ2v) is 4.62. The maximum absolute atomic E-state index is 12.0. The lowest BCUT2D eigenvalue weighted by Gasteiger charge is -2.11. The number of hydrogen-bond donors (Lipinski definition) is 1. The van der Waals surface area contributed by atoms with Gasteiger partial charge in [-0.05, 0) is 22.6 Å². The number of nitrogens with zero attached hydrogens (tertiary/aromatic N) is 2. The lowest BCUT2D eigenvalue weighted by atomic mass is 10.4. The van der Waals surface area contributed by atoms with Crippen LogP contribution in [0.2, 0.25) is 0 Å². The molecule has 1 N–H and O–H groups in total. The molecule has 0 saturated heterocycles. The van der Waals surface area contributed by atoms with Crippen LogP contribution in [-0.4, -0.2) is 36.9 Å². The smallest absolute Gasteiger partial charge is 0.378 e. The zero-order valence-electron chi connectivity index (χ0n) is 10.3. The van der Waals surface area contributed by atoms with E-state index in [9.17, 15) is 13.2 Å². The standard InChI is InChI=1S/C10H13F3IN3O2/c1-15-9-8(14)6(3-18-2)16-7(17-9)4-19-5-10(11,12)13/h3-5H2,1-2H3,(H,15,16,17). The van der Waals surface area contributed by atoms with Crippen molar-refractivity contribution in [1.82, 2.24) is 9.97 Å². The lowest BCUT2D eigenvalue weighted by molar-refractivity contribution is -0.177. The van der Waals surface area contributed by atoms with E-state index in [1.807, 2.05) is 22.6 Å². The molecule has 9 heteroatoms. The van der Waals surface area contributed by atoms with Crippen molar-refractivity contribution in [1.29, 1.82) is 0 Å². The number of ether oxygens (including phenoxy) is 2. The van der Waals surface area contributed by atoms with Crippen LogP contribution in [0.3, 0.4) is 0 Å². The molecule has 0 atom stereocenters. The van der Waals surface area contributed by atoms with Gasteiger partial charge in [-0.1, -0.05) is 0 Å². The van der Waals surface area contributed by atoms with Gasteiger partial charge in [0.1, 0.15) is 19.0 Å². The van der Waals surface area contributed by atoms with E-state index in [2.05, 4.69) is 20.0 Å². The summed E-state index contributed by atoms with van der Waals surface area (Å²) in [6, 6.07) is 0. The van der Waals surface area contributed by atoms with Gasteiger partial charge in [0.15, 0.2) is 5.82 Å². The highest BCUT2D eigenvalue weighted by Gasteiger charge is 2.27. The summed E-state index contributed by atoms with van der Waals surface area (Å²) in [7, 11) is 3.18. The molecule has 0 aliphatic carbocycles. The minimum atomic E-state index is -4.36. The first-order valence-corrected chi connectivity index (χ1v) is 6.31. The van der Waals surface area contributed by atoms with Gasteiger partial charge in [0, 0.05) is 14.2 Å².